The predicted molar refractivity (Wildman–Crippen MR) is 85.6 cm³/mol. The summed E-state index contributed by atoms with van der Waals surface area (Å²) in [5.74, 6) is 0.948. The number of hydrogen-bond donors (Lipinski definition) is 1. The van der Waals surface area contributed by atoms with Crippen molar-refractivity contribution < 1.29 is 4.74 Å². The van der Waals surface area contributed by atoms with Gasteiger partial charge in [-0.25, -0.2) is 4.98 Å². The van der Waals surface area contributed by atoms with Crippen molar-refractivity contribution in [2.45, 2.75) is 38.3 Å². The lowest BCUT2D eigenvalue weighted by molar-refractivity contribution is 0.108. The molecule has 0 saturated carbocycles. The summed E-state index contributed by atoms with van der Waals surface area (Å²) in [4.78, 5) is 6.80. The van der Waals surface area contributed by atoms with Gasteiger partial charge in [0.15, 0.2) is 0 Å². The second-order valence-electron chi connectivity index (χ2n) is 5.85. The Morgan fingerprint density at radius 3 is 2.82 bits per heavy atom. The molecule has 1 aromatic heterocycles. The quantitative estimate of drug-likeness (QED) is 0.890. The number of ether oxygens (including phenoxy) is 1. The molecule has 1 aliphatic heterocycles. The van der Waals surface area contributed by atoms with E-state index in [2.05, 4.69) is 51.3 Å². The lowest BCUT2D eigenvalue weighted by atomic mass is 10.0. The average molecular weight is 300 g/mol. The minimum absolute atomic E-state index is 0.275. The maximum Gasteiger partial charge on any atom is 0.141 e. The van der Waals surface area contributed by atoms with Crippen LogP contribution in [-0.2, 0) is 17.6 Å². The van der Waals surface area contributed by atoms with E-state index in [0.29, 0.717) is 0 Å². The van der Waals surface area contributed by atoms with E-state index in [4.69, 9.17) is 4.74 Å². The Morgan fingerprint density at radius 1 is 1.32 bits per heavy atom. The fourth-order valence-corrected chi connectivity index (χ4v) is 3.35. The van der Waals surface area contributed by atoms with Crippen LogP contribution in [0.2, 0.25) is 0 Å². The zero-order valence-electron chi connectivity index (χ0n) is 13.3. The maximum absolute atomic E-state index is 5.56. The highest BCUT2D eigenvalue weighted by Crippen LogP contribution is 2.31. The molecule has 1 N–H and O–H groups in total. The fourth-order valence-electron chi connectivity index (χ4n) is 3.35. The molecule has 0 aliphatic carbocycles. The highest BCUT2D eigenvalue weighted by Gasteiger charge is 2.34. The summed E-state index contributed by atoms with van der Waals surface area (Å²) in [6.07, 6.45) is 4.98. The predicted octanol–water partition coefficient (Wildman–Crippen LogP) is 2.37. The molecule has 0 unspecified atom stereocenters. The number of nitrogens with one attached hydrogen (secondary N) is 1. The Hall–Kier alpha value is -1.72. The summed E-state index contributed by atoms with van der Waals surface area (Å²) in [7, 11) is 1.79. The van der Waals surface area contributed by atoms with Crippen LogP contribution in [0.5, 0.6) is 0 Å². The Labute approximate surface area is 131 Å². The third-order valence-corrected chi connectivity index (χ3v) is 4.62. The third kappa shape index (κ3) is 3.20. The van der Waals surface area contributed by atoms with Crippen LogP contribution in [0.1, 0.15) is 36.3 Å². The van der Waals surface area contributed by atoms with Gasteiger partial charge in [0.2, 0.25) is 0 Å². The van der Waals surface area contributed by atoms with Gasteiger partial charge in [0.1, 0.15) is 12.2 Å². The largest absolute Gasteiger partial charge is 0.380 e. The van der Waals surface area contributed by atoms with E-state index in [1.807, 2.05) is 0 Å². The molecular formula is C17H24N4O. The zero-order chi connectivity index (χ0) is 15.4. The average Bonchev–Trinajstić information content (AvgIpc) is 3.22. The summed E-state index contributed by atoms with van der Waals surface area (Å²) >= 11 is 0. The Bertz CT molecular complexity index is 584. The molecule has 1 saturated heterocycles. The van der Waals surface area contributed by atoms with Crippen molar-refractivity contribution in [3.8, 4) is 0 Å². The molecule has 0 radical (unpaired) electrons. The van der Waals surface area contributed by atoms with E-state index >= 15 is 0 Å². The van der Waals surface area contributed by atoms with E-state index in [0.717, 1.165) is 38.2 Å². The summed E-state index contributed by atoms with van der Waals surface area (Å²) < 4.78 is 5.56. The number of aromatic amines is 1. The molecule has 1 aromatic carbocycles. The van der Waals surface area contributed by atoms with Crippen LogP contribution >= 0.6 is 0 Å². The SMILES string of the molecule is CCc1ccccc1CCN1C[C@H](OC)C[C@H]1c1ncn[nH]1. The van der Waals surface area contributed by atoms with Crippen LogP contribution in [0.3, 0.4) is 0 Å². The summed E-state index contributed by atoms with van der Waals surface area (Å²) in [6.45, 7) is 4.19. The Balaban J connectivity index is 1.69. The molecule has 1 fully saturated rings. The summed E-state index contributed by atoms with van der Waals surface area (Å²) in [5.41, 5.74) is 2.89. The van der Waals surface area contributed by atoms with Gasteiger partial charge in [-0.15, -0.1) is 0 Å². The minimum atomic E-state index is 0.275. The zero-order valence-corrected chi connectivity index (χ0v) is 13.3. The van der Waals surface area contributed by atoms with Crippen molar-refractivity contribution in [1.82, 2.24) is 20.1 Å². The second-order valence-corrected chi connectivity index (χ2v) is 5.85. The first-order chi connectivity index (χ1) is 10.8. The number of hydrogen-bond acceptors (Lipinski definition) is 4. The maximum atomic E-state index is 5.56. The van der Waals surface area contributed by atoms with Crippen LogP contribution < -0.4 is 0 Å². The molecule has 0 spiro atoms. The van der Waals surface area contributed by atoms with Gasteiger partial charge in [-0.3, -0.25) is 10.00 Å². The van der Waals surface area contributed by atoms with Gasteiger partial charge in [-0.2, -0.15) is 5.10 Å². The van der Waals surface area contributed by atoms with Crippen LogP contribution in [0, 0.1) is 0 Å². The number of rotatable bonds is 6. The highest BCUT2D eigenvalue weighted by atomic mass is 16.5. The first-order valence-corrected chi connectivity index (χ1v) is 8.00. The third-order valence-electron chi connectivity index (χ3n) is 4.62. The molecule has 22 heavy (non-hydrogen) atoms. The first kappa shape index (κ1) is 15.2. The fraction of sp³-hybridized carbons (Fsp3) is 0.529. The normalized spacial score (nSPS) is 22.3. The molecule has 2 aromatic rings. The monoisotopic (exact) mass is 300 g/mol. The van der Waals surface area contributed by atoms with Gasteiger partial charge >= 0.3 is 0 Å². The summed E-state index contributed by atoms with van der Waals surface area (Å²) in [5, 5.41) is 7.01. The van der Waals surface area contributed by atoms with Crippen LogP contribution in [0.15, 0.2) is 30.6 Å². The van der Waals surface area contributed by atoms with Gasteiger partial charge < -0.3 is 4.74 Å². The number of benzene rings is 1. The van der Waals surface area contributed by atoms with E-state index in [-0.39, 0.29) is 12.1 Å². The topological polar surface area (TPSA) is 54.0 Å². The number of aromatic nitrogens is 3. The Kier molecular flexibility index (Phi) is 4.85. The van der Waals surface area contributed by atoms with Crippen molar-refractivity contribution >= 4 is 0 Å². The molecule has 5 heteroatoms. The molecule has 2 atom stereocenters. The van der Waals surface area contributed by atoms with E-state index in [1.165, 1.54) is 11.1 Å². The number of H-pyrrole nitrogens is 1. The number of methoxy groups -OCH3 is 1. The molecule has 0 bridgehead atoms. The Morgan fingerprint density at radius 2 is 2.14 bits per heavy atom. The number of aryl methyl sites for hydroxylation is 1. The van der Waals surface area contributed by atoms with Crippen LogP contribution in [0.4, 0.5) is 0 Å². The van der Waals surface area contributed by atoms with E-state index in [9.17, 15) is 0 Å². The molecule has 0 amide bonds. The van der Waals surface area contributed by atoms with Crippen LogP contribution in [-0.4, -0.2) is 46.4 Å². The lowest BCUT2D eigenvalue weighted by Crippen LogP contribution is -2.28. The molecule has 1 aliphatic rings. The van der Waals surface area contributed by atoms with Gasteiger partial charge in [-0.05, 0) is 30.4 Å². The smallest absolute Gasteiger partial charge is 0.141 e. The lowest BCUT2D eigenvalue weighted by Gasteiger charge is -2.22. The van der Waals surface area contributed by atoms with Gasteiger partial charge in [0.05, 0.1) is 12.1 Å². The molecular weight excluding hydrogens is 276 g/mol. The van der Waals surface area contributed by atoms with Crippen molar-refractivity contribution in [2.24, 2.45) is 0 Å². The first-order valence-electron chi connectivity index (χ1n) is 8.00. The molecule has 3 rings (SSSR count). The minimum Gasteiger partial charge on any atom is -0.380 e. The van der Waals surface area contributed by atoms with Gasteiger partial charge in [0, 0.05) is 20.2 Å². The van der Waals surface area contributed by atoms with Crippen LogP contribution in [0.25, 0.3) is 0 Å². The number of likely N-dealkylation sites (tertiary alicyclic amines) is 1. The van der Waals surface area contributed by atoms with Crippen molar-refractivity contribution in [1.29, 1.82) is 0 Å². The summed E-state index contributed by atoms with van der Waals surface area (Å²) in [6, 6.07) is 9.00. The second kappa shape index (κ2) is 7.03. The van der Waals surface area contributed by atoms with Crippen molar-refractivity contribution in [3.05, 3.63) is 47.5 Å². The molecule has 5 nitrogen and oxygen atoms in total. The van der Waals surface area contributed by atoms with E-state index in [1.54, 1.807) is 13.4 Å². The van der Waals surface area contributed by atoms with E-state index < -0.39 is 0 Å². The van der Waals surface area contributed by atoms with Crippen molar-refractivity contribution in [2.75, 3.05) is 20.2 Å². The molecule has 118 valence electrons. The van der Waals surface area contributed by atoms with Gasteiger partial charge in [-0.1, -0.05) is 31.2 Å². The number of nitrogens with zero attached hydrogens (tertiary/aromatic N) is 3. The standard InChI is InChI=1S/C17H24N4O/c1-3-13-6-4-5-7-14(13)8-9-21-11-15(22-2)10-16(21)17-18-12-19-20-17/h4-7,12,15-16H,3,8-11H2,1-2H3,(H,18,19,20)/t15-,16+/m1/s1. The highest BCUT2D eigenvalue weighted by molar-refractivity contribution is 5.27. The molecule has 2 heterocycles. The van der Waals surface area contributed by atoms with Crippen molar-refractivity contribution in [3.63, 3.8) is 0 Å². The van der Waals surface area contributed by atoms with Gasteiger partial charge in [0.25, 0.3) is 0 Å².